The summed E-state index contributed by atoms with van der Waals surface area (Å²) in [5.74, 6) is 0.585. The van der Waals surface area contributed by atoms with Crippen molar-refractivity contribution >= 4 is 28.9 Å². The average molecular weight is 442 g/mol. The summed E-state index contributed by atoms with van der Waals surface area (Å²) >= 11 is 2.87. The van der Waals surface area contributed by atoms with Gasteiger partial charge >= 0.3 is 0 Å². The summed E-state index contributed by atoms with van der Waals surface area (Å²) in [6.07, 6.45) is 0. The van der Waals surface area contributed by atoms with E-state index in [1.807, 2.05) is 41.8 Å². The fourth-order valence-electron chi connectivity index (χ4n) is 3.10. The number of anilines is 1. The zero-order valence-corrected chi connectivity index (χ0v) is 17.7. The molecular weight excluding hydrogens is 426 g/mol. The van der Waals surface area contributed by atoms with Crippen molar-refractivity contribution in [2.24, 2.45) is 0 Å². The molecule has 8 heteroatoms. The van der Waals surface area contributed by atoms with Gasteiger partial charge in [0.2, 0.25) is 0 Å². The van der Waals surface area contributed by atoms with E-state index in [1.165, 1.54) is 35.2 Å². The number of aromatic nitrogens is 2. The van der Waals surface area contributed by atoms with Crippen molar-refractivity contribution in [1.29, 1.82) is 10.5 Å². The van der Waals surface area contributed by atoms with E-state index in [4.69, 9.17) is 5.73 Å². The number of thioether (sulfide) groups is 1. The molecule has 0 aliphatic heterocycles. The van der Waals surface area contributed by atoms with Gasteiger partial charge in [0.1, 0.15) is 39.3 Å². The van der Waals surface area contributed by atoms with Crippen LogP contribution >= 0.6 is 23.1 Å². The van der Waals surface area contributed by atoms with E-state index in [1.54, 1.807) is 12.1 Å². The van der Waals surface area contributed by atoms with Crippen LogP contribution in [0.15, 0.2) is 65.0 Å². The molecule has 0 bridgehead atoms. The van der Waals surface area contributed by atoms with Crippen LogP contribution in [0.3, 0.4) is 0 Å². The molecule has 0 spiro atoms. The highest BCUT2D eigenvalue weighted by molar-refractivity contribution is 7.98. The molecule has 0 unspecified atom stereocenters. The van der Waals surface area contributed by atoms with E-state index in [2.05, 4.69) is 16.0 Å². The summed E-state index contributed by atoms with van der Waals surface area (Å²) in [7, 11) is 0. The number of benzene rings is 2. The predicted octanol–water partition coefficient (Wildman–Crippen LogP) is 5.20. The molecule has 2 heterocycles. The first kappa shape index (κ1) is 20.4. The zero-order chi connectivity index (χ0) is 21.8. The van der Waals surface area contributed by atoms with Gasteiger partial charge in [0, 0.05) is 16.5 Å². The predicted molar refractivity (Wildman–Crippen MR) is 122 cm³/mol. The van der Waals surface area contributed by atoms with E-state index >= 15 is 0 Å². The minimum Gasteiger partial charge on any atom is -0.508 e. The molecule has 3 N–H and O–H groups in total. The number of phenolic OH excluding ortho intramolecular Hbond substituents is 1. The number of nitrogens with two attached hydrogens (primary N) is 1. The third-order valence-corrected chi connectivity index (χ3v) is 6.52. The smallest absolute Gasteiger partial charge is 0.143 e. The minimum absolute atomic E-state index is 0.0334. The maximum Gasteiger partial charge on any atom is 0.143 e. The number of pyridine rings is 1. The van der Waals surface area contributed by atoms with Gasteiger partial charge in [-0.1, -0.05) is 54.2 Å². The van der Waals surface area contributed by atoms with E-state index in [0.717, 1.165) is 16.3 Å². The van der Waals surface area contributed by atoms with Crippen molar-refractivity contribution in [3.63, 3.8) is 0 Å². The molecular formula is C23H15N5OS2. The maximum atomic E-state index is 9.86. The van der Waals surface area contributed by atoms with Crippen molar-refractivity contribution in [1.82, 2.24) is 9.97 Å². The van der Waals surface area contributed by atoms with Gasteiger partial charge in [-0.15, -0.1) is 11.3 Å². The van der Waals surface area contributed by atoms with E-state index in [-0.39, 0.29) is 22.7 Å². The Hall–Kier alpha value is -3.85. The average Bonchev–Trinajstić information content (AvgIpc) is 3.27. The Labute approximate surface area is 187 Å². The second-order valence-corrected chi connectivity index (χ2v) is 8.39. The van der Waals surface area contributed by atoms with E-state index < -0.39 is 0 Å². The Bertz CT molecular complexity index is 1340. The molecule has 0 radical (unpaired) electrons. The van der Waals surface area contributed by atoms with Gasteiger partial charge in [0.25, 0.3) is 0 Å². The molecule has 2 aromatic heterocycles. The Balaban J connectivity index is 1.69. The van der Waals surface area contributed by atoms with Crippen LogP contribution in [-0.2, 0) is 5.75 Å². The minimum atomic E-state index is 0.0334. The van der Waals surface area contributed by atoms with Crippen LogP contribution in [0.1, 0.15) is 16.1 Å². The number of rotatable bonds is 5. The molecule has 0 aliphatic rings. The lowest BCUT2D eigenvalue weighted by Crippen LogP contribution is -2.03. The van der Waals surface area contributed by atoms with Crippen LogP contribution in [0.5, 0.6) is 5.75 Å². The third kappa shape index (κ3) is 4.22. The molecule has 0 amide bonds. The second kappa shape index (κ2) is 8.88. The van der Waals surface area contributed by atoms with Gasteiger partial charge in [0.15, 0.2) is 0 Å². The van der Waals surface area contributed by atoms with Crippen LogP contribution in [0.4, 0.5) is 5.82 Å². The van der Waals surface area contributed by atoms with Crippen molar-refractivity contribution in [3.8, 4) is 40.3 Å². The molecule has 4 aromatic rings. The molecule has 0 atom stereocenters. The summed E-state index contributed by atoms with van der Waals surface area (Å²) in [5, 5.41) is 32.6. The zero-order valence-electron chi connectivity index (χ0n) is 16.1. The highest BCUT2D eigenvalue weighted by Gasteiger charge is 2.21. The molecule has 6 nitrogen and oxygen atoms in total. The van der Waals surface area contributed by atoms with Crippen LogP contribution < -0.4 is 5.73 Å². The van der Waals surface area contributed by atoms with Crippen molar-refractivity contribution < 1.29 is 5.11 Å². The van der Waals surface area contributed by atoms with Crippen LogP contribution in [0.2, 0.25) is 0 Å². The number of aromatic hydroxyl groups is 1. The van der Waals surface area contributed by atoms with Gasteiger partial charge in [-0.2, -0.15) is 10.5 Å². The Morgan fingerprint density at radius 2 is 1.71 bits per heavy atom. The number of hydrogen-bond donors (Lipinski definition) is 2. The molecule has 2 aromatic carbocycles. The quantitative estimate of drug-likeness (QED) is 0.409. The van der Waals surface area contributed by atoms with Crippen molar-refractivity contribution in [3.05, 3.63) is 76.1 Å². The van der Waals surface area contributed by atoms with Crippen LogP contribution in [-0.4, -0.2) is 15.1 Å². The lowest BCUT2D eigenvalue weighted by atomic mass is 9.97. The summed E-state index contributed by atoms with van der Waals surface area (Å²) in [6.45, 7) is 0. The number of phenols is 1. The largest absolute Gasteiger partial charge is 0.508 e. The molecule has 4 rings (SSSR count). The Morgan fingerprint density at radius 3 is 2.42 bits per heavy atom. The number of nitrogen functional groups attached to an aromatic ring is 1. The maximum absolute atomic E-state index is 9.86. The molecule has 0 saturated carbocycles. The first-order valence-corrected chi connectivity index (χ1v) is 11.0. The van der Waals surface area contributed by atoms with Gasteiger partial charge in [-0.05, 0) is 17.7 Å². The van der Waals surface area contributed by atoms with Gasteiger partial charge in [-0.25, -0.2) is 9.97 Å². The fraction of sp³-hybridized carbons (Fsp3) is 0.0435. The first-order chi connectivity index (χ1) is 15.1. The van der Waals surface area contributed by atoms with Gasteiger partial charge < -0.3 is 10.8 Å². The monoisotopic (exact) mass is 441 g/mol. The third-order valence-electron chi connectivity index (χ3n) is 4.50. The van der Waals surface area contributed by atoms with Gasteiger partial charge in [-0.3, -0.25) is 0 Å². The van der Waals surface area contributed by atoms with Crippen molar-refractivity contribution in [2.75, 3.05) is 5.73 Å². The van der Waals surface area contributed by atoms with Crippen LogP contribution in [0, 0.1) is 22.7 Å². The second-order valence-electron chi connectivity index (χ2n) is 6.48. The standard InChI is InChI=1S/C23H15N5OS2/c24-10-17-21(15-7-4-8-16(29)9-15)18(11-25)23(28-22(17)26)31-13-20-27-19(12-30-20)14-5-2-1-3-6-14/h1-9,12,29H,13H2,(H2,26,28). The van der Waals surface area contributed by atoms with Crippen LogP contribution in [0.25, 0.3) is 22.4 Å². The molecule has 0 fully saturated rings. The SMILES string of the molecule is N#Cc1c(N)nc(SCc2nc(-c3ccccc3)cs2)c(C#N)c1-c1cccc(O)c1. The number of thiazole rings is 1. The topological polar surface area (TPSA) is 120 Å². The number of hydrogen-bond acceptors (Lipinski definition) is 8. The summed E-state index contributed by atoms with van der Waals surface area (Å²) < 4.78 is 0. The lowest BCUT2D eigenvalue weighted by molar-refractivity contribution is 0.475. The Morgan fingerprint density at radius 1 is 0.968 bits per heavy atom. The molecule has 150 valence electrons. The first-order valence-electron chi connectivity index (χ1n) is 9.16. The highest BCUT2D eigenvalue weighted by atomic mass is 32.2. The highest BCUT2D eigenvalue weighted by Crippen LogP contribution is 2.38. The van der Waals surface area contributed by atoms with Crippen molar-refractivity contribution in [2.45, 2.75) is 10.8 Å². The van der Waals surface area contributed by atoms with E-state index in [0.29, 0.717) is 21.9 Å². The molecule has 0 saturated heterocycles. The molecule has 31 heavy (non-hydrogen) atoms. The van der Waals surface area contributed by atoms with E-state index in [9.17, 15) is 15.6 Å². The summed E-state index contributed by atoms with van der Waals surface area (Å²) in [6, 6.07) is 20.5. The number of nitrogens with zero attached hydrogens (tertiary/aromatic N) is 4. The lowest BCUT2D eigenvalue weighted by Gasteiger charge is -2.12. The summed E-state index contributed by atoms with van der Waals surface area (Å²) in [5.41, 5.74) is 9.26. The Kier molecular flexibility index (Phi) is 5.85. The summed E-state index contributed by atoms with van der Waals surface area (Å²) in [4.78, 5) is 8.98. The van der Waals surface area contributed by atoms with Gasteiger partial charge in [0.05, 0.1) is 17.0 Å². The fourth-order valence-corrected chi connectivity index (χ4v) is 4.92. The number of nitriles is 2. The normalized spacial score (nSPS) is 10.4. The molecule has 0 aliphatic carbocycles.